The average Bonchev–Trinajstić information content (AvgIpc) is 2.35. The van der Waals surface area contributed by atoms with E-state index in [9.17, 15) is 19.7 Å². The van der Waals surface area contributed by atoms with Gasteiger partial charge in [-0.2, -0.15) is 0 Å². The molecule has 102 valence electrons. The van der Waals surface area contributed by atoms with Crippen molar-refractivity contribution in [2.45, 2.75) is 19.4 Å². The second kappa shape index (κ2) is 6.28. The summed E-state index contributed by atoms with van der Waals surface area (Å²) in [6.45, 7) is 1.61. The summed E-state index contributed by atoms with van der Waals surface area (Å²) in [7, 11) is 0. The zero-order valence-electron chi connectivity index (χ0n) is 9.92. The molecule has 0 heterocycles. The first-order chi connectivity index (χ1) is 8.86. The van der Waals surface area contributed by atoms with Crippen LogP contribution >= 0.6 is 15.9 Å². The summed E-state index contributed by atoms with van der Waals surface area (Å²) in [4.78, 5) is 32.7. The first-order valence-corrected chi connectivity index (χ1v) is 6.13. The predicted octanol–water partition coefficient (Wildman–Crippen LogP) is 1.95. The monoisotopic (exact) mass is 330 g/mol. The van der Waals surface area contributed by atoms with Gasteiger partial charge in [0, 0.05) is 16.6 Å². The molecule has 2 N–H and O–H groups in total. The average molecular weight is 331 g/mol. The highest BCUT2D eigenvalue weighted by atomic mass is 79.9. The van der Waals surface area contributed by atoms with Crippen molar-refractivity contribution in [3.63, 3.8) is 0 Å². The molecule has 1 atom stereocenters. The van der Waals surface area contributed by atoms with Crippen LogP contribution in [-0.2, 0) is 4.79 Å². The highest BCUT2D eigenvalue weighted by Gasteiger charge is 2.21. The SMILES string of the molecule is CC[C@H](NC(=O)c1cc([N+](=O)[O-])ccc1Br)C(=O)O. The zero-order chi connectivity index (χ0) is 14.6. The molecule has 0 radical (unpaired) electrons. The van der Waals surface area contributed by atoms with Crippen molar-refractivity contribution >= 4 is 33.5 Å². The largest absolute Gasteiger partial charge is 0.480 e. The Kier molecular flexibility index (Phi) is 4.99. The van der Waals surface area contributed by atoms with Crippen molar-refractivity contribution in [1.29, 1.82) is 0 Å². The number of carbonyl (C=O) groups is 2. The van der Waals surface area contributed by atoms with Crippen LogP contribution in [0.25, 0.3) is 0 Å². The van der Waals surface area contributed by atoms with Crippen LogP contribution in [0.1, 0.15) is 23.7 Å². The lowest BCUT2D eigenvalue weighted by Crippen LogP contribution is -2.40. The van der Waals surface area contributed by atoms with Gasteiger partial charge in [-0.25, -0.2) is 4.79 Å². The number of carboxylic acid groups (broad SMARTS) is 1. The van der Waals surface area contributed by atoms with Crippen LogP contribution in [0.3, 0.4) is 0 Å². The van der Waals surface area contributed by atoms with Gasteiger partial charge in [0.1, 0.15) is 6.04 Å². The smallest absolute Gasteiger partial charge is 0.326 e. The summed E-state index contributed by atoms with van der Waals surface area (Å²) < 4.78 is 0.357. The van der Waals surface area contributed by atoms with Crippen molar-refractivity contribution in [3.05, 3.63) is 38.3 Å². The van der Waals surface area contributed by atoms with E-state index in [1.807, 2.05) is 0 Å². The van der Waals surface area contributed by atoms with Crippen LogP contribution in [0.5, 0.6) is 0 Å². The van der Waals surface area contributed by atoms with Crippen molar-refractivity contribution in [3.8, 4) is 0 Å². The van der Waals surface area contributed by atoms with Gasteiger partial charge in [0.25, 0.3) is 11.6 Å². The molecule has 1 amide bonds. The Balaban J connectivity index is 3.02. The standard InChI is InChI=1S/C11H11BrN2O5/c1-2-9(11(16)17)13-10(15)7-5-6(14(18)19)3-4-8(7)12/h3-5,9H,2H2,1H3,(H,13,15)(H,16,17)/t9-/m0/s1. The second-order valence-corrected chi connectivity index (χ2v) is 4.55. The molecule has 0 spiro atoms. The first-order valence-electron chi connectivity index (χ1n) is 5.34. The van der Waals surface area contributed by atoms with Crippen molar-refractivity contribution in [2.24, 2.45) is 0 Å². The van der Waals surface area contributed by atoms with Gasteiger partial charge in [-0.1, -0.05) is 6.92 Å². The number of non-ortho nitro benzene ring substituents is 1. The highest BCUT2D eigenvalue weighted by molar-refractivity contribution is 9.10. The molecule has 0 saturated heterocycles. The maximum atomic E-state index is 11.9. The molecule has 0 unspecified atom stereocenters. The number of nitrogens with zero attached hydrogens (tertiary/aromatic N) is 1. The summed E-state index contributed by atoms with van der Waals surface area (Å²) in [5.41, 5.74) is -0.217. The first kappa shape index (κ1) is 15.1. The zero-order valence-corrected chi connectivity index (χ0v) is 11.5. The number of carbonyl (C=O) groups excluding carboxylic acids is 1. The van der Waals surface area contributed by atoms with Crippen LogP contribution in [0.4, 0.5) is 5.69 Å². The van der Waals surface area contributed by atoms with Gasteiger partial charge in [-0.3, -0.25) is 14.9 Å². The number of halogens is 1. The minimum Gasteiger partial charge on any atom is -0.480 e. The third-order valence-electron chi connectivity index (χ3n) is 2.42. The van der Waals surface area contributed by atoms with E-state index in [1.54, 1.807) is 6.92 Å². The fourth-order valence-corrected chi connectivity index (χ4v) is 1.80. The summed E-state index contributed by atoms with van der Waals surface area (Å²) in [5.74, 6) is -1.83. The minimum absolute atomic E-state index is 0.0221. The highest BCUT2D eigenvalue weighted by Crippen LogP contribution is 2.22. The van der Waals surface area contributed by atoms with E-state index in [1.165, 1.54) is 12.1 Å². The van der Waals surface area contributed by atoms with Crippen LogP contribution < -0.4 is 5.32 Å². The molecule has 1 aromatic carbocycles. The number of aliphatic carboxylic acids is 1. The molecule has 7 nitrogen and oxygen atoms in total. The third-order valence-corrected chi connectivity index (χ3v) is 3.11. The van der Waals surface area contributed by atoms with Crippen LogP contribution in [-0.4, -0.2) is 27.9 Å². The molecule has 0 aliphatic carbocycles. The van der Waals surface area contributed by atoms with Gasteiger partial charge in [0.2, 0.25) is 0 Å². The van der Waals surface area contributed by atoms with E-state index < -0.39 is 22.8 Å². The van der Waals surface area contributed by atoms with Gasteiger partial charge in [-0.15, -0.1) is 0 Å². The Morgan fingerprint density at radius 3 is 2.63 bits per heavy atom. The predicted molar refractivity (Wildman–Crippen MR) is 70.0 cm³/mol. The maximum Gasteiger partial charge on any atom is 0.326 e. The van der Waals surface area contributed by atoms with Crippen molar-refractivity contribution in [2.75, 3.05) is 0 Å². The molecule has 0 aliphatic rings. The van der Waals surface area contributed by atoms with E-state index in [0.717, 1.165) is 6.07 Å². The molecule has 1 aromatic rings. The number of benzene rings is 1. The third kappa shape index (κ3) is 3.75. The molecular formula is C11H11BrN2O5. The van der Waals surface area contributed by atoms with Crippen LogP contribution in [0, 0.1) is 10.1 Å². The Bertz CT molecular complexity index is 532. The van der Waals surface area contributed by atoms with E-state index in [2.05, 4.69) is 21.2 Å². The Labute approximate surface area is 116 Å². The van der Waals surface area contributed by atoms with Gasteiger partial charge in [0.05, 0.1) is 10.5 Å². The van der Waals surface area contributed by atoms with E-state index in [0.29, 0.717) is 4.47 Å². The minimum atomic E-state index is -1.16. The Morgan fingerprint density at radius 1 is 1.53 bits per heavy atom. The number of nitro groups is 1. The van der Waals surface area contributed by atoms with Crippen molar-refractivity contribution in [1.82, 2.24) is 5.32 Å². The van der Waals surface area contributed by atoms with Crippen LogP contribution in [0.2, 0.25) is 0 Å². The number of nitro benzene ring substituents is 1. The van der Waals surface area contributed by atoms with Gasteiger partial charge >= 0.3 is 5.97 Å². The number of carboxylic acids is 1. The molecule has 8 heteroatoms. The molecule has 0 bridgehead atoms. The fourth-order valence-electron chi connectivity index (χ4n) is 1.38. The van der Waals surface area contributed by atoms with Gasteiger partial charge in [0.15, 0.2) is 0 Å². The topological polar surface area (TPSA) is 110 Å². The summed E-state index contributed by atoms with van der Waals surface area (Å²) in [5, 5.41) is 21.8. The lowest BCUT2D eigenvalue weighted by molar-refractivity contribution is -0.384. The molecule has 0 aromatic heterocycles. The normalized spacial score (nSPS) is 11.7. The lowest BCUT2D eigenvalue weighted by Gasteiger charge is -2.12. The van der Waals surface area contributed by atoms with Crippen molar-refractivity contribution < 1.29 is 19.6 Å². The Morgan fingerprint density at radius 2 is 2.16 bits per heavy atom. The lowest BCUT2D eigenvalue weighted by atomic mass is 10.1. The number of rotatable bonds is 5. The van der Waals surface area contributed by atoms with E-state index in [4.69, 9.17) is 5.11 Å². The van der Waals surface area contributed by atoms with Gasteiger partial charge < -0.3 is 10.4 Å². The van der Waals surface area contributed by atoms with E-state index in [-0.39, 0.29) is 17.7 Å². The number of nitrogens with one attached hydrogen (secondary N) is 1. The fraction of sp³-hybridized carbons (Fsp3) is 0.273. The molecule has 0 saturated carbocycles. The maximum absolute atomic E-state index is 11.9. The van der Waals surface area contributed by atoms with Gasteiger partial charge in [-0.05, 0) is 28.4 Å². The van der Waals surface area contributed by atoms with E-state index >= 15 is 0 Å². The quantitative estimate of drug-likeness (QED) is 0.633. The molecule has 1 rings (SSSR count). The number of amides is 1. The summed E-state index contributed by atoms with van der Waals surface area (Å²) in [6.07, 6.45) is 0.216. The summed E-state index contributed by atoms with van der Waals surface area (Å²) in [6, 6.07) is 2.68. The van der Waals surface area contributed by atoms with Crippen LogP contribution in [0.15, 0.2) is 22.7 Å². The molecule has 0 fully saturated rings. The number of hydrogen-bond donors (Lipinski definition) is 2. The summed E-state index contributed by atoms with van der Waals surface area (Å²) >= 11 is 3.10. The number of hydrogen-bond acceptors (Lipinski definition) is 4. The Hall–Kier alpha value is -1.96. The molecule has 19 heavy (non-hydrogen) atoms. The molecular weight excluding hydrogens is 320 g/mol. The molecule has 0 aliphatic heterocycles. The second-order valence-electron chi connectivity index (χ2n) is 3.69.